The van der Waals surface area contributed by atoms with E-state index in [1.807, 2.05) is 5.57 Å². The number of carbonyl (C=O) groups excluding carboxylic acids is 1. The molecule has 0 heterocycles. The summed E-state index contributed by atoms with van der Waals surface area (Å²) < 4.78 is 0. The Morgan fingerprint density at radius 2 is 1.23 bits per heavy atom. The van der Waals surface area contributed by atoms with Crippen molar-refractivity contribution in [2.24, 2.45) is 50.7 Å². The molecule has 5 saturated carbocycles. The molecule has 5 aliphatic rings. The lowest BCUT2D eigenvalue weighted by atomic mass is 9.32. The molecule has 0 bridgehead atoms. The first-order valence-corrected chi connectivity index (χ1v) is 13.5. The molecule has 5 fully saturated rings. The molecule has 0 N–H and O–H groups in total. The summed E-state index contributed by atoms with van der Waals surface area (Å²) in [4.78, 5) is 12.9. The van der Waals surface area contributed by atoms with Gasteiger partial charge in [0.1, 0.15) is 5.78 Å². The molecule has 0 spiro atoms. The summed E-state index contributed by atoms with van der Waals surface area (Å²) in [5.41, 5.74) is 5.04. The molecule has 0 radical (unpaired) electrons. The lowest BCUT2D eigenvalue weighted by molar-refractivity contribution is -0.235. The van der Waals surface area contributed by atoms with Gasteiger partial charge < -0.3 is 0 Å². The Balaban J connectivity index is 1.55. The molecule has 174 valence electrons. The van der Waals surface area contributed by atoms with Gasteiger partial charge in [-0.05, 0) is 117 Å². The Morgan fingerprint density at radius 3 is 1.84 bits per heavy atom. The minimum Gasteiger partial charge on any atom is -0.299 e. The van der Waals surface area contributed by atoms with Gasteiger partial charge in [-0.3, -0.25) is 4.79 Å². The second-order valence-electron chi connectivity index (χ2n) is 14.4. The number of rotatable bonds is 0. The van der Waals surface area contributed by atoms with Crippen molar-refractivity contribution in [2.75, 3.05) is 0 Å². The second kappa shape index (κ2) is 6.50. The van der Waals surface area contributed by atoms with Crippen molar-refractivity contribution in [2.45, 2.75) is 120 Å². The zero-order valence-electron chi connectivity index (χ0n) is 21.8. The fourth-order valence-corrected chi connectivity index (χ4v) is 11.4. The summed E-state index contributed by atoms with van der Waals surface area (Å²) in [6, 6.07) is 0. The van der Waals surface area contributed by atoms with Crippen LogP contribution in [0.5, 0.6) is 0 Å². The van der Waals surface area contributed by atoms with Gasteiger partial charge in [-0.25, -0.2) is 0 Å². The number of hydrogen-bond donors (Lipinski definition) is 0. The van der Waals surface area contributed by atoms with Crippen LogP contribution in [0.15, 0.2) is 11.1 Å². The largest absolute Gasteiger partial charge is 0.299 e. The lowest BCUT2D eigenvalue weighted by Crippen LogP contribution is -2.66. The zero-order chi connectivity index (χ0) is 22.6. The second-order valence-corrected chi connectivity index (χ2v) is 14.4. The van der Waals surface area contributed by atoms with Crippen LogP contribution in [0.3, 0.4) is 0 Å². The highest BCUT2D eigenvalue weighted by atomic mass is 16.1. The molecule has 0 aromatic rings. The molecule has 1 heteroatoms. The van der Waals surface area contributed by atoms with E-state index in [1.165, 1.54) is 51.4 Å². The zero-order valence-corrected chi connectivity index (χ0v) is 21.8. The Hall–Kier alpha value is -0.590. The summed E-state index contributed by atoms with van der Waals surface area (Å²) >= 11 is 0. The first kappa shape index (κ1) is 22.2. The summed E-state index contributed by atoms with van der Waals surface area (Å²) in [5, 5.41) is 0. The van der Waals surface area contributed by atoms with E-state index >= 15 is 0 Å². The third kappa shape index (κ3) is 2.53. The minimum atomic E-state index is -0.125. The van der Waals surface area contributed by atoms with Crippen LogP contribution in [0.4, 0.5) is 0 Å². The van der Waals surface area contributed by atoms with Crippen molar-refractivity contribution in [1.82, 2.24) is 0 Å². The summed E-state index contributed by atoms with van der Waals surface area (Å²) in [6.07, 6.45) is 13.0. The Morgan fingerprint density at radius 1 is 0.677 bits per heavy atom. The molecule has 0 aromatic heterocycles. The van der Waals surface area contributed by atoms with Gasteiger partial charge in [-0.1, -0.05) is 52.7 Å². The van der Waals surface area contributed by atoms with Gasteiger partial charge >= 0.3 is 0 Å². The molecule has 0 saturated heterocycles. The fourth-order valence-electron chi connectivity index (χ4n) is 11.4. The molecule has 0 aromatic carbocycles. The predicted octanol–water partition coefficient (Wildman–Crippen LogP) is 8.38. The first-order chi connectivity index (χ1) is 14.3. The van der Waals surface area contributed by atoms with Crippen molar-refractivity contribution in [1.29, 1.82) is 0 Å². The van der Waals surface area contributed by atoms with E-state index in [0.717, 1.165) is 30.6 Å². The monoisotopic (exact) mass is 424 g/mol. The number of hydrogen-bond acceptors (Lipinski definition) is 1. The van der Waals surface area contributed by atoms with Crippen LogP contribution in [-0.2, 0) is 4.79 Å². The van der Waals surface area contributed by atoms with Crippen molar-refractivity contribution >= 4 is 5.78 Å². The van der Waals surface area contributed by atoms with Crippen LogP contribution in [-0.4, -0.2) is 5.78 Å². The number of carbonyl (C=O) groups is 1. The molecule has 31 heavy (non-hydrogen) atoms. The maximum Gasteiger partial charge on any atom is 0.138 e. The van der Waals surface area contributed by atoms with Gasteiger partial charge in [0.25, 0.3) is 0 Å². The molecule has 0 unspecified atom stereocenters. The van der Waals surface area contributed by atoms with E-state index in [2.05, 4.69) is 55.4 Å². The summed E-state index contributed by atoms with van der Waals surface area (Å²) in [6.45, 7) is 20.0. The highest BCUT2D eigenvalue weighted by Crippen LogP contribution is 2.77. The van der Waals surface area contributed by atoms with Crippen LogP contribution < -0.4 is 0 Å². The number of fused-ring (bicyclic) bond motifs is 7. The normalized spacial score (nSPS) is 53.3. The smallest absolute Gasteiger partial charge is 0.138 e. The predicted molar refractivity (Wildman–Crippen MR) is 130 cm³/mol. The Kier molecular flexibility index (Phi) is 4.66. The van der Waals surface area contributed by atoms with Gasteiger partial charge in [-0.15, -0.1) is 0 Å². The van der Waals surface area contributed by atoms with Gasteiger partial charge in [-0.2, -0.15) is 0 Å². The van der Waals surface area contributed by atoms with Crippen molar-refractivity contribution < 1.29 is 4.79 Å². The third-order valence-electron chi connectivity index (χ3n) is 13.2. The van der Waals surface area contributed by atoms with Crippen LogP contribution >= 0.6 is 0 Å². The van der Waals surface area contributed by atoms with E-state index in [9.17, 15) is 4.79 Å². The standard InChI is InChI=1S/C30H48O/c1-19(2)20-11-15-27(5)21(20)12-17-29(7)23(27)9-10-24-28(6)16-14-25(31)26(3,4)22(28)13-18-30(24,29)8/h21-24H,9-18H2,1-8H3/t21-,22-,23+,24+,27-,28-,29+,30+/m0/s1. The van der Waals surface area contributed by atoms with Crippen molar-refractivity contribution in [3.8, 4) is 0 Å². The molecular weight excluding hydrogens is 376 g/mol. The van der Waals surface area contributed by atoms with Crippen LogP contribution in [0.2, 0.25) is 0 Å². The topological polar surface area (TPSA) is 17.1 Å². The van der Waals surface area contributed by atoms with Crippen LogP contribution in [0, 0.1) is 50.7 Å². The molecule has 1 nitrogen and oxygen atoms in total. The van der Waals surface area contributed by atoms with Gasteiger partial charge in [0.05, 0.1) is 0 Å². The average molecular weight is 425 g/mol. The first-order valence-electron chi connectivity index (χ1n) is 13.5. The van der Waals surface area contributed by atoms with E-state index in [1.54, 1.807) is 5.57 Å². The van der Waals surface area contributed by atoms with Gasteiger partial charge in [0, 0.05) is 11.8 Å². The Labute approximate surface area is 192 Å². The summed E-state index contributed by atoms with van der Waals surface area (Å²) in [5.74, 6) is 3.61. The minimum absolute atomic E-state index is 0.125. The van der Waals surface area contributed by atoms with Crippen molar-refractivity contribution in [3.63, 3.8) is 0 Å². The maximum atomic E-state index is 12.9. The fraction of sp³-hybridized carbons (Fsp3) is 0.900. The van der Waals surface area contributed by atoms with Crippen molar-refractivity contribution in [3.05, 3.63) is 11.1 Å². The highest BCUT2D eigenvalue weighted by molar-refractivity contribution is 5.85. The molecule has 0 aliphatic heterocycles. The molecular formula is C30H48O. The lowest BCUT2D eigenvalue weighted by Gasteiger charge is -2.72. The number of Topliss-reactive ketones (excluding diaryl/α,β-unsaturated/α-hetero) is 1. The van der Waals surface area contributed by atoms with Gasteiger partial charge in [0.15, 0.2) is 0 Å². The number of ketones is 1. The van der Waals surface area contributed by atoms with E-state index in [4.69, 9.17) is 0 Å². The van der Waals surface area contributed by atoms with Crippen LogP contribution in [0.25, 0.3) is 0 Å². The average Bonchev–Trinajstić information content (AvgIpc) is 3.03. The SMILES string of the molecule is CC(C)=C1CC[C@]2(C)[C@H]3CC[C@@H]4[C@@]5(C)CCC(=O)C(C)(C)[C@@H]5CC[C@@]4(C)[C@]3(C)CC[C@@H]12. The van der Waals surface area contributed by atoms with Crippen LogP contribution in [0.1, 0.15) is 120 Å². The third-order valence-corrected chi connectivity index (χ3v) is 13.2. The molecule has 5 aliphatic carbocycles. The molecule has 5 rings (SSSR count). The maximum absolute atomic E-state index is 12.9. The Bertz CT molecular complexity index is 829. The van der Waals surface area contributed by atoms with E-state index in [-0.39, 0.29) is 5.41 Å². The summed E-state index contributed by atoms with van der Waals surface area (Å²) in [7, 11) is 0. The molecule has 0 amide bonds. The highest BCUT2D eigenvalue weighted by Gasteiger charge is 2.70. The quantitative estimate of drug-likeness (QED) is 0.357. The number of allylic oxidation sites excluding steroid dienone is 2. The van der Waals surface area contributed by atoms with E-state index in [0.29, 0.717) is 33.4 Å². The van der Waals surface area contributed by atoms with E-state index < -0.39 is 0 Å². The molecule has 8 atom stereocenters. The van der Waals surface area contributed by atoms with Gasteiger partial charge in [0.2, 0.25) is 0 Å².